The first kappa shape index (κ1) is 14.2. The first-order chi connectivity index (χ1) is 9.13. The average Bonchev–Trinajstić information content (AvgIpc) is 2.38. The Kier molecular flexibility index (Phi) is 5.10. The number of benzene rings is 1. The van der Waals surface area contributed by atoms with Gasteiger partial charge in [-0.3, -0.25) is 4.90 Å². The molecule has 1 aliphatic heterocycles. The Labute approximate surface area is 111 Å². The van der Waals surface area contributed by atoms with E-state index in [4.69, 9.17) is 4.74 Å². The molecular weight excluding hydrogens is 252 g/mol. The number of aliphatic hydroxyl groups is 1. The second-order valence-electron chi connectivity index (χ2n) is 4.88. The molecule has 2 rings (SSSR count). The van der Waals surface area contributed by atoms with Crippen LogP contribution in [0.25, 0.3) is 0 Å². The third-order valence-corrected chi connectivity index (χ3v) is 3.19. The van der Waals surface area contributed by atoms with Crippen LogP contribution < -0.4 is 4.74 Å². The number of halogens is 2. The second-order valence-corrected chi connectivity index (χ2v) is 4.88. The Morgan fingerprint density at radius 2 is 2.05 bits per heavy atom. The van der Waals surface area contributed by atoms with Crippen LogP contribution in [0.2, 0.25) is 0 Å². The second kappa shape index (κ2) is 6.82. The molecule has 0 amide bonds. The van der Waals surface area contributed by atoms with E-state index in [2.05, 4.69) is 4.90 Å². The van der Waals surface area contributed by atoms with Gasteiger partial charge in [-0.2, -0.15) is 0 Å². The van der Waals surface area contributed by atoms with Crippen molar-refractivity contribution in [1.29, 1.82) is 0 Å². The fourth-order valence-electron chi connectivity index (χ4n) is 2.28. The molecule has 1 heterocycles. The molecule has 0 aromatic heterocycles. The third-order valence-electron chi connectivity index (χ3n) is 3.19. The van der Waals surface area contributed by atoms with Crippen molar-refractivity contribution in [3.63, 3.8) is 0 Å². The van der Waals surface area contributed by atoms with Crippen LogP contribution in [0, 0.1) is 0 Å². The highest BCUT2D eigenvalue weighted by molar-refractivity contribution is 5.27. The summed E-state index contributed by atoms with van der Waals surface area (Å²) in [6, 6.07) is 7.17. The number of ether oxygens (including phenoxy) is 1. The number of piperidine rings is 1. The molecule has 1 fully saturated rings. The number of likely N-dealkylation sites (tertiary alicyclic amines) is 1. The van der Waals surface area contributed by atoms with Crippen molar-refractivity contribution in [3.8, 4) is 5.75 Å². The number of hydrogen-bond acceptors (Lipinski definition) is 3. The lowest BCUT2D eigenvalue weighted by atomic mass is 10.1. The minimum Gasteiger partial charge on any atom is -0.488 e. The molecule has 1 saturated heterocycles. The average molecular weight is 271 g/mol. The van der Waals surface area contributed by atoms with Gasteiger partial charge >= 0.3 is 0 Å². The molecule has 0 saturated carbocycles. The zero-order valence-corrected chi connectivity index (χ0v) is 10.8. The SMILES string of the molecule is OC1CCCN(Cc2ccc(OCC(F)F)cc2)C1. The van der Waals surface area contributed by atoms with Gasteiger partial charge in [-0.25, -0.2) is 8.78 Å². The van der Waals surface area contributed by atoms with Crippen molar-refractivity contribution in [1.82, 2.24) is 4.90 Å². The van der Waals surface area contributed by atoms with Gasteiger partial charge in [0, 0.05) is 13.1 Å². The maximum atomic E-state index is 12.0. The van der Waals surface area contributed by atoms with E-state index in [-0.39, 0.29) is 6.10 Å². The summed E-state index contributed by atoms with van der Waals surface area (Å²) in [5.41, 5.74) is 1.10. The van der Waals surface area contributed by atoms with Crippen molar-refractivity contribution >= 4 is 0 Å². The summed E-state index contributed by atoms with van der Waals surface area (Å²) in [6.45, 7) is 1.88. The zero-order valence-electron chi connectivity index (χ0n) is 10.8. The smallest absolute Gasteiger partial charge is 0.272 e. The van der Waals surface area contributed by atoms with Crippen LogP contribution in [-0.4, -0.2) is 42.2 Å². The summed E-state index contributed by atoms with van der Waals surface area (Å²) >= 11 is 0. The van der Waals surface area contributed by atoms with Gasteiger partial charge in [-0.15, -0.1) is 0 Å². The van der Waals surface area contributed by atoms with Crippen LogP contribution in [0.3, 0.4) is 0 Å². The van der Waals surface area contributed by atoms with E-state index in [0.717, 1.165) is 31.5 Å². The number of hydrogen-bond donors (Lipinski definition) is 1. The fourth-order valence-corrected chi connectivity index (χ4v) is 2.28. The predicted molar refractivity (Wildman–Crippen MR) is 68.5 cm³/mol. The maximum Gasteiger partial charge on any atom is 0.272 e. The van der Waals surface area contributed by atoms with Gasteiger partial charge in [-0.1, -0.05) is 12.1 Å². The molecule has 0 aliphatic carbocycles. The largest absolute Gasteiger partial charge is 0.488 e. The number of β-amino-alcohol motifs (C(OH)–C–C–N with tert-alkyl or cyclic N) is 1. The summed E-state index contributed by atoms with van der Waals surface area (Å²) in [7, 11) is 0. The third kappa shape index (κ3) is 4.76. The monoisotopic (exact) mass is 271 g/mol. The Morgan fingerprint density at radius 1 is 1.32 bits per heavy atom. The fraction of sp³-hybridized carbons (Fsp3) is 0.571. The van der Waals surface area contributed by atoms with Gasteiger partial charge < -0.3 is 9.84 Å². The molecule has 1 aromatic rings. The van der Waals surface area contributed by atoms with Gasteiger partial charge in [0.2, 0.25) is 0 Å². The van der Waals surface area contributed by atoms with E-state index in [0.29, 0.717) is 12.3 Å². The highest BCUT2D eigenvalue weighted by atomic mass is 19.3. The van der Waals surface area contributed by atoms with Crippen molar-refractivity contribution < 1.29 is 18.6 Å². The Morgan fingerprint density at radius 3 is 2.68 bits per heavy atom. The van der Waals surface area contributed by atoms with Crippen LogP contribution in [0.4, 0.5) is 8.78 Å². The van der Waals surface area contributed by atoms with Crippen LogP contribution in [0.15, 0.2) is 24.3 Å². The molecule has 1 unspecified atom stereocenters. The lowest BCUT2D eigenvalue weighted by molar-refractivity contribution is 0.0668. The summed E-state index contributed by atoms with van der Waals surface area (Å²) < 4.78 is 28.9. The van der Waals surface area contributed by atoms with Crippen LogP contribution in [0.5, 0.6) is 5.75 Å². The minimum absolute atomic E-state index is 0.234. The molecule has 106 valence electrons. The van der Waals surface area contributed by atoms with E-state index >= 15 is 0 Å². The zero-order chi connectivity index (χ0) is 13.7. The van der Waals surface area contributed by atoms with Gasteiger partial charge in [0.05, 0.1) is 6.10 Å². The summed E-state index contributed by atoms with van der Waals surface area (Å²) in [6.07, 6.45) is -0.801. The van der Waals surface area contributed by atoms with Gasteiger partial charge in [0.25, 0.3) is 6.43 Å². The summed E-state index contributed by atoms with van der Waals surface area (Å²) in [5.74, 6) is 0.461. The maximum absolute atomic E-state index is 12.0. The highest BCUT2D eigenvalue weighted by Gasteiger charge is 2.17. The predicted octanol–water partition coefficient (Wildman–Crippen LogP) is 2.29. The van der Waals surface area contributed by atoms with E-state index in [1.54, 1.807) is 12.1 Å². The van der Waals surface area contributed by atoms with Crippen molar-refractivity contribution in [2.75, 3.05) is 19.7 Å². The van der Waals surface area contributed by atoms with Crippen LogP contribution >= 0.6 is 0 Å². The molecule has 0 radical (unpaired) electrons. The van der Waals surface area contributed by atoms with E-state index in [1.165, 1.54) is 0 Å². The lowest BCUT2D eigenvalue weighted by Crippen LogP contribution is -2.37. The standard InChI is InChI=1S/C14H19F2NO2/c15-14(16)10-19-13-5-3-11(4-6-13)8-17-7-1-2-12(18)9-17/h3-6,12,14,18H,1-2,7-10H2. The lowest BCUT2D eigenvalue weighted by Gasteiger charge is -2.29. The Hall–Kier alpha value is -1.20. The Bertz CT molecular complexity index is 384. The van der Waals surface area contributed by atoms with Crippen LogP contribution in [-0.2, 0) is 6.54 Å². The van der Waals surface area contributed by atoms with Crippen LogP contribution in [0.1, 0.15) is 18.4 Å². The summed E-state index contributed by atoms with van der Waals surface area (Å²) in [5, 5.41) is 9.59. The molecular formula is C14H19F2NO2. The van der Waals surface area contributed by atoms with E-state index in [9.17, 15) is 13.9 Å². The van der Waals surface area contributed by atoms with E-state index < -0.39 is 13.0 Å². The quantitative estimate of drug-likeness (QED) is 0.892. The molecule has 1 N–H and O–H groups in total. The topological polar surface area (TPSA) is 32.7 Å². The van der Waals surface area contributed by atoms with Crippen molar-refractivity contribution in [2.45, 2.75) is 31.9 Å². The molecule has 1 aromatic carbocycles. The molecule has 0 bridgehead atoms. The number of alkyl halides is 2. The normalized spacial score (nSPS) is 20.7. The minimum atomic E-state index is -2.45. The first-order valence-electron chi connectivity index (χ1n) is 6.54. The number of nitrogens with zero attached hydrogens (tertiary/aromatic N) is 1. The summed E-state index contributed by atoms with van der Waals surface area (Å²) in [4.78, 5) is 2.20. The molecule has 1 atom stereocenters. The van der Waals surface area contributed by atoms with Gasteiger partial charge in [-0.05, 0) is 37.1 Å². The number of rotatable bonds is 5. The number of aliphatic hydroxyl groups excluding tert-OH is 1. The molecule has 3 nitrogen and oxygen atoms in total. The molecule has 5 heteroatoms. The van der Waals surface area contributed by atoms with E-state index in [1.807, 2.05) is 12.1 Å². The van der Waals surface area contributed by atoms with Crippen molar-refractivity contribution in [3.05, 3.63) is 29.8 Å². The molecule has 19 heavy (non-hydrogen) atoms. The highest BCUT2D eigenvalue weighted by Crippen LogP contribution is 2.17. The first-order valence-corrected chi connectivity index (χ1v) is 6.54. The van der Waals surface area contributed by atoms with Crippen molar-refractivity contribution in [2.24, 2.45) is 0 Å². The molecule has 0 spiro atoms. The van der Waals surface area contributed by atoms with Gasteiger partial charge in [0.1, 0.15) is 12.4 Å². The molecule has 1 aliphatic rings. The Balaban J connectivity index is 1.84. The van der Waals surface area contributed by atoms with Gasteiger partial charge in [0.15, 0.2) is 0 Å².